The minimum Gasteiger partial charge on any atom is -0.336 e. The summed E-state index contributed by atoms with van der Waals surface area (Å²) < 4.78 is 2.17. The molecular formula is C13H24N4. The average molecular weight is 236 g/mol. The van der Waals surface area contributed by atoms with Gasteiger partial charge in [-0.1, -0.05) is 13.8 Å². The lowest BCUT2D eigenvalue weighted by Crippen LogP contribution is -2.46. The van der Waals surface area contributed by atoms with Gasteiger partial charge in [0.05, 0.1) is 23.8 Å². The van der Waals surface area contributed by atoms with Crippen molar-refractivity contribution in [2.75, 3.05) is 13.6 Å². The Labute approximate surface area is 104 Å². The summed E-state index contributed by atoms with van der Waals surface area (Å²) in [5.74, 6) is 0.682. The lowest BCUT2D eigenvalue weighted by molar-refractivity contribution is 0.133. The predicted octanol–water partition coefficient (Wildman–Crippen LogP) is 1.32. The van der Waals surface area contributed by atoms with Crippen molar-refractivity contribution < 1.29 is 0 Å². The van der Waals surface area contributed by atoms with Crippen LogP contribution < -0.4 is 5.73 Å². The highest BCUT2D eigenvalue weighted by Crippen LogP contribution is 2.34. The summed E-state index contributed by atoms with van der Waals surface area (Å²) in [5.41, 5.74) is 8.50. The molecule has 2 heterocycles. The van der Waals surface area contributed by atoms with Gasteiger partial charge in [-0.25, -0.2) is 4.98 Å². The van der Waals surface area contributed by atoms with E-state index in [9.17, 15) is 0 Å². The van der Waals surface area contributed by atoms with E-state index in [4.69, 9.17) is 5.73 Å². The van der Waals surface area contributed by atoms with Gasteiger partial charge in [-0.05, 0) is 19.4 Å². The molecule has 2 rings (SSSR count). The van der Waals surface area contributed by atoms with Crippen LogP contribution in [0.15, 0.2) is 6.33 Å². The Balaban J connectivity index is 2.35. The zero-order valence-electron chi connectivity index (χ0n) is 11.3. The normalized spacial score (nSPS) is 25.3. The molecule has 1 aromatic heterocycles. The first-order valence-electron chi connectivity index (χ1n) is 6.46. The quantitative estimate of drug-likeness (QED) is 0.861. The molecule has 0 saturated heterocycles. The predicted molar refractivity (Wildman–Crippen MR) is 69.7 cm³/mol. The molecular weight excluding hydrogens is 212 g/mol. The second kappa shape index (κ2) is 4.78. The Bertz CT molecular complexity index is 383. The van der Waals surface area contributed by atoms with Crippen molar-refractivity contribution >= 4 is 0 Å². The van der Waals surface area contributed by atoms with E-state index in [0.717, 1.165) is 6.42 Å². The highest BCUT2D eigenvalue weighted by atomic mass is 15.2. The molecule has 2 N–H and O–H groups in total. The van der Waals surface area contributed by atoms with Crippen molar-refractivity contribution in [1.82, 2.24) is 14.5 Å². The first-order chi connectivity index (χ1) is 8.04. The first kappa shape index (κ1) is 12.6. The highest BCUT2D eigenvalue weighted by molar-refractivity contribution is 5.22. The van der Waals surface area contributed by atoms with Crippen molar-refractivity contribution in [3.63, 3.8) is 0 Å². The minimum atomic E-state index is 0.432. The van der Waals surface area contributed by atoms with Crippen LogP contribution in [0.3, 0.4) is 0 Å². The lowest BCUT2D eigenvalue weighted by atomic mass is 9.91. The van der Waals surface area contributed by atoms with Gasteiger partial charge in [0.15, 0.2) is 0 Å². The van der Waals surface area contributed by atoms with E-state index in [1.165, 1.54) is 17.8 Å². The summed E-state index contributed by atoms with van der Waals surface area (Å²) in [7, 11) is 4.29. The summed E-state index contributed by atoms with van der Waals surface area (Å²) in [4.78, 5) is 6.96. The monoisotopic (exact) mass is 236 g/mol. The van der Waals surface area contributed by atoms with Crippen LogP contribution in [0.2, 0.25) is 0 Å². The smallest absolute Gasteiger partial charge is 0.0949 e. The fourth-order valence-electron chi connectivity index (χ4n) is 2.86. The van der Waals surface area contributed by atoms with E-state index >= 15 is 0 Å². The highest BCUT2D eigenvalue weighted by Gasteiger charge is 2.34. The number of fused-ring (bicyclic) bond motifs is 1. The number of nitrogens with two attached hydrogens (primary N) is 1. The van der Waals surface area contributed by atoms with Crippen molar-refractivity contribution in [2.45, 2.75) is 38.8 Å². The van der Waals surface area contributed by atoms with Crippen LogP contribution in [-0.4, -0.2) is 34.1 Å². The van der Waals surface area contributed by atoms with E-state index in [0.29, 0.717) is 24.5 Å². The van der Waals surface area contributed by atoms with Gasteiger partial charge >= 0.3 is 0 Å². The third kappa shape index (κ3) is 2.24. The van der Waals surface area contributed by atoms with Crippen LogP contribution in [0, 0.1) is 5.92 Å². The summed E-state index contributed by atoms with van der Waals surface area (Å²) in [5, 5.41) is 0. The third-order valence-corrected chi connectivity index (χ3v) is 3.84. The zero-order valence-corrected chi connectivity index (χ0v) is 11.3. The van der Waals surface area contributed by atoms with Gasteiger partial charge in [0.1, 0.15) is 0 Å². The Hall–Kier alpha value is -0.870. The Morgan fingerprint density at radius 1 is 1.47 bits per heavy atom. The molecule has 1 aliphatic rings. The van der Waals surface area contributed by atoms with Crippen LogP contribution in [0.4, 0.5) is 0 Å². The van der Waals surface area contributed by atoms with Crippen LogP contribution in [0.25, 0.3) is 0 Å². The maximum Gasteiger partial charge on any atom is 0.0949 e. The second-order valence-electron chi connectivity index (χ2n) is 5.59. The molecule has 1 aromatic rings. The minimum absolute atomic E-state index is 0.432. The number of hydrogen-bond acceptors (Lipinski definition) is 3. The maximum atomic E-state index is 5.87. The number of aryl methyl sites for hydroxylation is 1. The summed E-state index contributed by atoms with van der Waals surface area (Å²) in [6.45, 7) is 5.26. The number of likely N-dealkylation sites (N-methyl/N-ethyl adjacent to an activating group) is 1. The number of rotatable bonds is 3. The van der Waals surface area contributed by atoms with Gasteiger partial charge in [0, 0.05) is 26.1 Å². The van der Waals surface area contributed by atoms with Crippen LogP contribution >= 0.6 is 0 Å². The van der Waals surface area contributed by atoms with Crippen molar-refractivity contribution in [3.8, 4) is 0 Å². The van der Waals surface area contributed by atoms with Crippen LogP contribution in [0.5, 0.6) is 0 Å². The average Bonchev–Trinajstić information content (AvgIpc) is 2.63. The fourth-order valence-corrected chi connectivity index (χ4v) is 2.86. The molecule has 2 unspecified atom stereocenters. The van der Waals surface area contributed by atoms with Crippen molar-refractivity contribution in [1.29, 1.82) is 0 Å². The molecule has 0 amide bonds. The molecule has 0 saturated carbocycles. The second-order valence-corrected chi connectivity index (χ2v) is 5.59. The van der Waals surface area contributed by atoms with E-state index in [1.807, 2.05) is 6.33 Å². The summed E-state index contributed by atoms with van der Waals surface area (Å²) in [6, 6.07) is 0.890. The zero-order chi connectivity index (χ0) is 12.6. The summed E-state index contributed by atoms with van der Waals surface area (Å²) in [6.07, 6.45) is 4.09. The molecule has 17 heavy (non-hydrogen) atoms. The SMILES string of the molecule is CC(C)CC1c2c(ncn2C)CC(CN)N1C. The molecule has 0 aromatic carbocycles. The van der Waals surface area contributed by atoms with E-state index in [-0.39, 0.29) is 0 Å². The Kier molecular flexibility index (Phi) is 3.54. The number of aromatic nitrogens is 2. The number of imidazole rings is 1. The molecule has 0 radical (unpaired) electrons. The van der Waals surface area contributed by atoms with Gasteiger partial charge in [0.25, 0.3) is 0 Å². The molecule has 0 bridgehead atoms. The number of nitrogens with zero attached hydrogens (tertiary/aromatic N) is 3. The van der Waals surface area contributed by atoms with Gasteiger partial charge < -0.3 is 10.3 Å². The van der Waals surface area contributed by atoms with Gasteiger partial charge in [-0.2, -0.15) is 0 Å². The van der Waals surface area contributed by atoms with Crippen LogP contribution in [-0.2, 0) is 13.5 Å². The molecule has 4 heteroatoms. The van der Waals surface area contributed by atoms with Gasteiger partial charge in [0.2, 0.25) is 0 Å². The summed E-state index contributed by atoms with van der Waals surface area (Å²) >= 11 is 0. The largest absolute Gasteiger partial charge is 0.336 e. The topological polar surface area (TPSA) is 47.1 Å². The van der Waals surface area contributed by atoms with Crippen molar-refractivity contribution in [3.05, 3.63) is 17.7 Å². The Morgan fingerprint density at radius 3 is 2.76 bits per heavy atom. The molecule has 0 aliphatic carbocycles. The van der Waals surface area contributed by atoms with Gasteiger partial charge in [-0.15, -0.1) is 0 Å². The van der Waals surface area contributed by atoms with Gasteiger partial charge in [-0.3, -0.25) is 4.90 Å². The number of hydrogen-bond donors (Lipinski definition) is 1. The standard InChI is InChI=1S/C13H24N4/c1-9(2)5-12-13-11(15-8-16(13)3)6-10(7-14)17(12)4/h8-10,12H,5-7,14H2,1-4H3. The molecule has 2 atom stereocenters. The fraction of sp³-hybridized carbons (Fsp3) is 0.769. The molecule has 1 aliphatic heterocycles. The molecule has 0 spiro atoms. The maximum absolute atomic E-state index is 5.87. The molecule has 4 nitrogen and oxygen atoms in total. The molecule has 96 valence electrons. The van der Waals surface area contributed by atoms with E-state index in [1.54, 1.807) is 0 Å². The van der Waals surface area contributed by atoms with E-state index in [2.05, 4.69) is 42.4 Å². The molecule has 0 fully saturated rings. The first-order valence-corrected chi connectivity index (χ1v) is 6.46. The van der Waals surface area contributed by atoms with Crippen molar-refractivity contribution in [2.24, 2.45) is 18.7 Å². The van der Waals surface area contributed by atoms with E-state index < -0.39 is 0 Å². The Morgan fingerprint density at radius 2 is 2.18 bits per heavy atom. The lowest BCUT2D eigenvalue weighted by Gasteiger charge is -2.39. The van der Waals surface area contributed by atoms with Crippen LogP contribution in [0.1, 0.15) is 37.7 Å². The third-order valence-electron chi connectivity index (χ3n) is 3.84.